The molecule has 2 amide bonds. The third kappa shape index (κ3) is 3.19. The first-order valence-corrected chi connectivity index (χ1v) is 7.76. The number of halogens is 2. The molecule has 2 aromatic carbocycles. The zero-order valence-corrected chi connectivity index (χ0v) is 13.4. The fourth-order valence-electron chi connectivity index (χ4n) is 2.66. The fraction of sp³-hybridized carbons (Fsp3) is 0.176. The Morgan fingerprint density at radius 2 is 1.96 bits per heavy atom. The van der Waals surface area contributed by atoms with E-state index in [1.165, 1.54) is 17.0 Å². The fourth-order valence-corrected chi connectivity index (χ4v) is 2.77. The van der Waals surface area contributed by atoms with Gasteiger partial charge in [0, 0.05) is 23.5 Å². The zero-order chi connectivity index (χ0) is 17.3. The average Bonchev–Trinajstić information content (AvgIpc) is 2.91. The van der Waals surface area contributed by atoms with Crippen molar-refractivity contribution in [3.8, 4) is 0 Å². The number of nitrogens with one attached hydrogen (secondary N) is 1. The summed E-state index contributed by atoms with van der Waals surface area (Å²) in [6.45, 7) is 0.483. The average molecular weight is 348 g/mol. The van der Waals surface area contributed by atoms with Gasteiger partial charge in [-0.1, -0.05) is 11.6 Å². The topological polar surface area (TPSA) is 75.4 Å². The van der Waals surface area contributed by atoms with Gasteiger partial charge in [-0.25, -0.2) is 4.39 Å². The molecule has 3 N–H and O–H groups in total. The zero-order valence-electron chi connectivity index (χ0n) is 12.6. The summed E-state index contributed by atoms with van der Waals surface area (Å²) in [6.07, 6.45) is 0.584. The molecule has 5 nitrogen and oxygen atoms in total. The highest BCUT2D eigenvalue weighted by molar-refractivity contribution is 6.30. The summed E-state index contributed by atoms with van der Waals surface area (Å²) in [4.78, 5) is 25.1. The quantitative estimate of drug-likeness (QED) is 0.893. The predicted octanol–water partition coefficient (Wildman–Crippen LogP) is 2.80. The SMILES string of the molecule is NC(=O)c1ccc(N[C@@H]2CCN(c3ccc(Cl)c(F)c3)C2=O)cc1. The Hall–Kier alpha value is -2.60. The van der Waals surface area contributed by atoms with Gasteiger partial charge in [0.15, 0.2) is 0 Å². The van der Waals surface area contributed by atoms with Crippen LogP contribution in [0.15, 0.2) is 42.5 Å². The van der Waals surface area contributed by atoms with Gasteiger partial charge in [-0.05, 0) is 48.9 Å². The molecule has 0 saturated carbocycles. The van der Waals surface area contributed by atoms with Crippen LogP contribution in [-0.2, 0) is 4.79 Å². The van der Waals surface area contributed by atoms with Gasteiger partial charge >= 0.3 is 0 Å². The van der Waals surface area contributed by atoms with Crippen LogP contribution in [0.3, 0.4) is 0 Å². The Balaban J connectivity index is 1.71. The van der Waals surface area contributed by atoms with Crippen LogP contribution in [0, 0.1) is 5.82 Å². The van der Waals surface area contributed by atoms with E-state index >= 15 is 0 Å². The molecule has 124 valence electrons. The number of nitrogens with zero attached hydrogens (tertiary/aromatic N) is 1. The van der Waals surface area contributed by atoms with E-state index in [0.29, 0.717) is 29.9 Å². The maximum Gasteiger partial charge on any atom is 0.249 e. The van der Waals surface area contributed by atoms with Gasteiger partial charge in [0.25, 0.3) is 0 Å². The van der Waals surface area contributed by atoms with E-state index in [0.717, 1.165) is 0 Å². The largest absolute Gasteiger partial charge is 0.374 e. The highest BCUT2D eigenvalue weighted by Crippen LogP contribution is 2.27. The van der Waals surface area contributed by atoms with Crippen molar-refractivity contribution in [1.82, 2.24) is 0 Å². The minimum absolute atomic E-state index is 0.0228. The molecule has 0 unspecified atom stereocenters. The summed E-state index contributed by atoms with van der Waals surface area (Å²) in [7, 11) is 0. The molecule has 0 radical (unpaired) electrons. The second-order valence-electron chi connectivity index (χ2n) is 5.52. The molecule has 7 heteroatoms. The van der Waals surface area contributed by atoms with Crippen LogP contribution in [0.25, 0.3) is 0 Å². The summed E-state index contributed by atoms with van der Waals surface area (Å²) in [5.74, 6) is -1.20. The lowest BCUT2D eigenvalue weighted by atomic mass is 10.1. The summed E-state index contributed by atoms with van der Waals surface area (Å²) < 4.78 is 13.6. The minimum Gasteiger partial charge on any atom is -0.374 e. The van der Waals surface area contributed by atoms with Crippen molar-refractivity contribution >= 4 is 34.8 Å². The van der Waals surface area contributed by atoms with Crippen molar-refractivity contribution < 1.29 is 14.0 Å². The number of hydrogen-bond donors (Lipinski definition) is 2. The van der Waals surface area contributed by atoms with E-state index in [1.54, 1.807) is 30.3 Å². The highest BCUT2D eigenvalue weighted by Gasteiger charge is 2.32. The van der Waals surface area contributed by atoms with E-state index in [2.05, 4.69) is 5.32 Å². The number of primary amides is 1. The first kappa shape index (κ1) is 16.3. The molecule has 3 rings (SSSR count). The maximum atomic E-state index is 13.6. The summed E-state index contributed by atoms with van der Waals surface area (Å²) in [6, 6.07) is 10.5. The van der Waals surface area contributed by atoms with Gasteiger partial charge in [0.1, 0.15) is 11.9 Å². The standard InChI is InChI=1S/C17H15ClFN3O2/c18-13-6-5-12(9-14(13)19)22-8-7-15(17(22)24)21-11-3-1-10(2-4-11)16(20)23/h1-6,9,15,21H,7-8H2,(H2,20,23)/t15-/m1/s1. The van der Waals surface area contributed by atoms with Gasteiger partial charge in [0.2, 0.25) is 11.8 Å². The predicted molar refractivity (Wildman–Crippen MR) is 90.8 cm³/mol. The Bertz CT molecular complexity index is 795. The second-order valence-corrected chi connectivity index (χ2v) is 5.92. The van der Waals surface area contributed by atoms with Crippen molar-refractivity contribution in [2.45, 2.75) is 12.5 Å². The van der Waals surface area contributed by atoms with Gasteiger partial charge in [-0.3, -0.25) is 9.59 Å². The second kappa shape index (κ2) is 6.49. The van der Waals surface area contributed by atoms with Crippen LogP contribution in [0.4, 0.5) is 15.8 Å². The van der Waals surface area contributed by atoms with E-state index in [1.807, 2.05) is 0 Å². The molecule has 0 bridgehead atoms. The van der Waals surface area contributed by atoms with Crippen LogP contribution in [0.1, 0.15) is 16.8 Å². The van der Waals surface area contributed by atoms with Crippen molar-refractivity contribution in [1.29, 1.82) is 0 Å². The van der Waals surface area contributed by atoms with E-state index in [9.17, 15) is 14.0 Å². The minimum atomic E-state index is -0.555. The molecule has 0 aliphatic carbocycles. The Kier molecular flexibility index (Phi) is 4.40. The van der Waals surface area contributed by atoms with Crippen LogP contribution in [0.5, 0.6) is 0 Å². The van der Waals surface area contributed by atoms with Crippen molar-refractivity contribution in [3.63, 3.8) is 0 Å². The van der Waals surface area contributed by atoms with Gasteiger partial charge in [0.05, 0.1) is 5.02 Å². The molecule has 1 fully saturated rings. The van der Waals surface area contributed by atoms with E-state index in [-0.39, 0.29) is 10.9 Å². The molecule has 1 atom stereocenters. The highest BCUT2D eigenvalue weighted by atomic mass is 35.5. The lowest BCUT2D eigenvalue weighted by Gasteiger charge is -2.18. The first-order chi connectivity index (χ1) is 11.5. The van der Waals surface area contributed by atoms with Crippen molar-refractivity contribution in [3.05, 3.63) is 58.9 Å². The Morgan fingerprint density at radius 3 is 2.58 bits per heavy atom. The molecule has 24 heavy (non-hydrogen) atoms. The number of hydrogen-bond acceptors (Lipinski definition) is 3. The van der Waals surface area contributed by atoms with Crippen molar-refractivity contribution in [2.75, 3.05) is 16.8 Å². The Labute approximate surface area is 143 Å². The van der Waals surface area contributed by atoms with Crippen molar-refractivity contribution in [2.24, 2.45) is 5.73 Å². The molecular formula is C17H15ClFN3O2. The number of carbonyl (C=O) groups is 2. The van der Waals surface area contributed by atoms with Crippen LogP contribution >= 0.6 is 11.6 Å². The molecule has 0 aromatic heterocycles. The summed E-state index contributed by atoms with van der Waals surface area (Å²) in [5, 5.41) is 3.14. The van der Waals surface area contributed by atoms with E-state index in [4.69, 9.17) is 17.3 Å². The number of rotatable bonds is 4. The molecular weight excluding hydrogens is 333 g/mol. The summed E-state index contributed by atoms with van der Waals surface area (Å²) >= 11 is 5.67. The van der Waals surface area contributed by atoms with Crippen LogP contribution in [-0.4, -0.2) is 24.4 Å². The van der Waals surface area contributed by atoms with Gasteiger partial charge in [-0.15, -0.1) is 0 Å². The molecule has 1 aliphatic rings. The monoisotopic (exact) mass is 347 g/mol. The molecule has 1 aliphatic heterocycles. The van der Waals surface area contributed by atoms with Gasteiger partial charge in [-0.2, -0.15) is 0 Å². The normalized spacial score (nSPS) is 17.2. The molecule has 1 saturated heterocycles. The number of amides is 2. The third-order valence-corrected chi connectivity index (χ3v) is 4.24. The van der Waals surface area contributed by atoms with Crippen LogP contribution in [0.2, 0.25) is 5.02 Å². The Morgan fingerprint density at radius 1 is 1.25 bits per heavy atom. The number of anilines is 2. The number of benzene rings is 2. The lowest BCUT2D eigenvalue weighted by Crippen LogP contribution is -2.33. The van der Waals surface area contributed by atoms with Gasteiger partial charge < -0.3 is 16.0 Å². The smallest absolute Gasteiger partial charge is 0.249 e. The number of carbonyl (C=O) groups excluding carboxylic acids is 2. The molecule has 1 heterocycles. The lowest BCUT2D eigenvalue weighted by molar-refractivity contribution is -0.117. The summed E-state index contributed by atoms with van der Waals surface area (Å²) in [5.41, 5.74) is 6.79. The van der Waals surface area contributed by atoms with E-state index < -0.39 is 17.8 Å². The maximum absolute atomic E-state index is 13.6. The molecule has 2 aromatic rings. The number of nitrogens with two attached hydrogens (primary N) is 1. The van der Waals surface area contributed by atoms with Crippen LogP contribution < -0.4 is 16.0 Å². The third-order valence-electron chi connectivity index (χ3n) is 3.93. The molecule has 0 spiro atoms. The first-order valence-electron chi connectivity index (χ1n) is 7.38.